The van der Waals surface area contributed by atoms with E-state index >= 15 is 0 Å². The lowest BCUT2D eigenvalue weighted by Crippen LogP contribution is -2.11. The third-order valence-electron chi connectivity index (χ3n) is 14.1. The highest BCUT2D eigenvalue weighted by atomic mass is 15.2. The summed E-state index contributed by atoms with van der Waals surface area (Å²) in [5, 5.41) is 9.92. The van der Waals surface area contributed by atoms with E-state index in [1.54, 1.807) is 0 Å². The normalized spacial score (nSPS) is 11.9. The minimum absolute atomic E-state index is 1.12. The summed E-state index contributed by atoms with van der Waals surface area (Å²) in [7, 11) is 0. The molecular formula is C64H40N2. The molecule has 0 fully saturated rings. The zero-order valence-corrected chi connectivity index (χ0v) is 36.0. The highest BCUT2D eigenvalue weighted by Crippen LogP contribution is 2.54. The average Bonchev–Trinajstić information content (AvgIpc) is 3.90. The first-order valence-corrected chi connectivity index (χ1v) is 22.9. The number of benzene rings is 12. The van der Waals surface area contributed by atoms with Crippen LogP contribution in [0.25, 0.3) is 98.7 Å². The van der Waals surface area contributed by atoms with E-state index in [1.165, 1.54) is 98.7 Å². The molecule has 0 heterocycles. The lowest BCUT2D eigenvalue weighted by Gasteiger charge is -2.30. The van der Waals surface area contributed by atoms with Gasteiger partial charge in [-0.15, -0.1) is 0 Å². The van der Waals surface area contributed by atoms with E-state index in [-0.39, 0.29) is 0 Å². The van der Waals surface area contributed by atoms with E-state index in [9.17, 15) is 0 Å². The molecule has 0 amide bonds. The van der Waals surface area contributed by atoms with Crippen LogP contribution in [0.5, 0.6) is 0 Å². The lowest BCUT2D eigenvalue weighted by atomic mass is 9.91. The maximum atomic E-state index is 2.47. The number of nitrogens with zero attached hydrogens (tertiary/aromatic N) is 2. The largest absolute Gasteiger partial charge is 0.309 e. The Hall–Kier alpha value is -8.72. The Morgan fingerprint density at radius 3 is 0.833 bits per heavy atom. The molecule has 66 heavy (non-hydrogen) atoms. The molecule has 0 N–H and O–H groups in total. The van der Waals surface area contributed by atoms with Crippen LogP contribution < -0.4 is 9.80 Å². The third-order valence-corrected chi connectivity index (χ3v) is 14.1. The number of hydrogen-bond acceptors (Lipinski definition) is 2. The van der Waals surface area contributed by atoms with Crippen molar-refractivity contribution in [1.29, 1.82) is 0 Å². The monoisotopic (exact) mass is 836 g/mol. The van der Waals surface area contributed by atoms with E-state index in [2.05, 4.69) is 252 Å². The molecule has 12 aromatic rings. The van der Waals surface area contributed by atoms with Gasteiger partial charge in [0, 0.05) is 32.9 Å². The zero-order chi connectivity index (χ0) is 43.3. The predicted octanol–water partition coefficient (Wildman–Crippen LogP) is 18.2. The van der Waals surface area contributed by atoms with Crippen molar-refractivity contribution in [2.24, 2.45) is 0 Å². The van der Waals surface area contributed by atoms with Gasteiger partial charge < -0.3 is 9.80 Å². The SMILES string of the molecule is c1ccc(N(c2ccc(-c3ccc(N(c4ccccc4)c4ccc5c6c(cccc46)-c4ccccc4-5)c4ccccc34)c3ccccc23)c2ccc3c4c(cccc24)-c2ccccc2-3)cc1. The molecule has 0 aromatic heterocycles. The van der Waals surface area contributed by atoms with Gasteiger partial charge in [0.1, 0.15) is 0 Å². The van der Waals surface area contributed by atoms with Crippen LogP contribution in [0.3, 0.4) is 0 Å². The molecule has 0 spiro atoms. The molecular weight excluding hydrogens is 797 g/mol. The van der Waals surface area contributed by atoms with E-state index in [0.717, 1.165) is 34.1 Å². The van der Waals surface area contributed by atoms with Crippen LogP contribution in [0.2, 0.25) is 0 Å². The lowest BCUT2D eigenvalue weighted by molar-refractivity contribution is 1.31. The van der Waals surface area contributed by atoms with Gasteiger partial charge in [-0.25, -0.2) is 0 Å². The van der Waals surface area contributed by atoms with Crippen molar-refractivity contribution < 1.29 is 0 Å². The smallest absolute Gasteiger partial charge is 0.0540 e. The highest BCUT2D eigenvalue weighted by Gasteiger charge is 2.28. The fourth-order valence-corrected chi connectivity index (χ4v) is 11.4. The van der Waals surface area contributed by atoms with Gasteiger partial charge in [0.15, 0.2) is 0 Å². The van der Waals surface area contributed by atoms with Crippen LogP contribution >= 0.6 is 0 Å². The van der Waals surface area contributed by atoms with Crippen LogP contribution in [0.1, 0.15) is 0 Å². The molecule has 306 valence electrons. The second-order valence-corrected chi connectivity index (χ2v) is 17.5. The Labute approximate surface area is 383 Å². The molecule has 14 rings (SSSR count). The molecule has 2 aliphatic carbocycles. The molecule has 0 atom stereocenters. The van der Waals surface area contributed by atoms with Crippen molar-refractivity contribution in [2.75, 3.05) is 9.80 Å². The first kappa shape index (κ1) is 36.7. The van der Waals surface area contributed by atoms with Gasteiger partial charge in [-0.05, 0) is 126 Å². The van der Waals surface area contributed by atoms with Gasteiger partial charge in [-0.2, -0.15) is 0 Å². The zero-order valence-electron chi connectivity index (χ0n) is 36.0. The van der Waals surface area contributed by atoms with Gasteiger partial charge in [0.25, 0.3) is 0 Å². The van der Waals surface area contributed by atoms with Crippen LogP contribution in [-0.4, -0.2) is 0 Å². The minimum atomic E-state index is 1.12. The second kappa shape index (κ2) is 14.4. The molecule has 2 aliphatic rings. The molecule has 0 saturated carbocycles. The quantitative estimate of drug-likeness (QED) is 0.158. The number of rotatable bonds is 7. The standard InChI is InChI=1S/C64H40N2/c1-3-17-41(18-4-1)65(61-39-35-55-47-25-9-7-23-45(47)53-29-15-31-57(61)63(53)55)59-37-33-49(43-21-11-13-27-51(43)59)50-34-38-60(52-28-14-12-22-44(50)52)66(42-19-5-2-6-20-42)62-40-36-56-48-26-10-8-24-46(48)54-30-16-32-58(62)64(54)56/h1-40H. The van der Waals surface area contributed by atoms with Crippen molar-refractivity contribution in [2.45, 2.75) is 0 Å². The minimum Gasteiger partial charge on any atom is -0.309 e. The fraction of sp³-hybridized carbons (Fsp3) is 0. The average molecular weight is 837 g/mol. The molecule has 12 aromatic carbocycles. The Balaban J connectivity index is 0.958. The number of para-hydroxylation sites is 2. The molecule has 0 aliphatic heterocycles. The van der Waals surface area contributed by atoms with Crippen molar-refractivity contribution >= 4 is 77.2 Å². The Morgan fingerprint density at radius 1 is 0.167 bits per heavy atom. The van der Waals surface area contributed by atoms with Crippen molar-refractivity contribution in [3.8, 4) is 55.6 Å². The fourth-order valence-electron chi connectivity index (χ4n) is 11.4. The first-order valence-electron chi connectivity index (χ1n) is 22.9. The predicted molar refractivity (Wildman–Crippen MR) is 280 cm³/mol. The summed E-state index contributed by atoms with van der Waals surface area (Å²) < 4.78 is 0. The van der Waals surface area contributed by atoms with Gasteiger partial charge in [0.05, 0.1) is 22.7 Å². The third kappa shape index (κ3) is 5.30. The maximum Gasteiger partial charge on any atom is 0.0540 e. The Bertz CT molecular complexity index is 3630. The molecule has 0 bridgehead atoms. The number of hydrogen-bond donors (Lipinski definition) is 0. The van der Waals surface area contributed by atoms with Crippen LogP contribution in [0.4, 0.5) is 34.1 Å². The maximum absolute atomic E-state index is 2.47. The second-order valence-electron chi connectivity index (χ2n) is 17.5. The Kier molecular flexibility index (Phi) is 8.02. The molecule has 0 saturated heterocycles. The van der Waals surface area contributed by atoms with Crippen LogP contribution in [0.15, 0.2) is 243 Å². The summed E-state index contributed by atoms with van der Waals surface area (Å²) in [5.41, 5.74) is 19.7. The van der Waals surface area contributed by atoms with Crippen LogP contribution in [0, 0.1) is 0 Å². The number of anilines is 6. The summed E-state index contributed by atoms with van der Waals surface area (Å²) >= 11 is 0. The highest BCUT2D eigenvalue weighted by molar-refractivity contribution is 6.22. The van der Waals surface area contributed by atoms with E-state index in [0.29, 0.717) is 0 Å². The Morgan fingerprint density at radius 2 is 0.439 bits per heavy atom. The van der Waals surface area contributed by atoms with Gasteiger partial charge in [-0.1, -0.05) is 194 Å². The topological polar surface area (TPSA) is 6.48 Å². The summed E-state index contributed by atoms with van der Waals surface area (Å²) in [6.07, 6.45) is 0. The van der Waals surface area contributed by atoms with Crippen LogP contribution in [-0.2, 0) is 0 Å². The number of fused-ring (bicyclic) bond motifs is 8. The first-order chi connectivity index (χ1) is 32.8. The summed E-state index contributed by atoms with van der Waals surface area (Å²) in [6, 6.07) is 89.5. The summed E-state index contributed by atoms with van der Waals surface area (Å²) in [6.45, 7) is 0. The molecule has 0 radical (unpaired) electrons. The molecule has 0 unspecified atom stereocenters. The van der Waals surface area contributed by atoms with Crippen molar-refractivity contribution in [3.63, 3.8) is 0 Å². The van der Waals surface area contributed by atoms with E-state index in [4.69, 9.17) is 0 Å². The summed E-state index contributed by atoms with van der Waals surface area (Å²) in [4.78, 5) is 4.93. The van der Waals surface area contributed by atoms with E-state index < -0.39 is 0 Å². The summed E-state index contributed by atoms with van der Waals surface area (Å²) in [5.74, 6) is 0. The molecule has 2 nitrogen and oxygen atoms in total. The van der Waals surface area contributed by atoms with Gasteiger partial charge >= 0.3 is 0 Å². The van der Waals surface area contributed by atoms with E-state index in [1.807, 2.05) is 0 Å². The van der Waals surface area contributed by atoms with Gasteiger partial charge in [0.2, 0.25) is 0 Å². The molecule has 2 heteroatoms. The van der Waals surface area contributed by atoms with Crippen molar-refractivity contribution in [3.05, 3.63) is 243 Å². The van der Waals surface area contributed by atoms with Gasteiger partial charge in [-0.3, -0.25) is 0 Å². The van der Waals surface area contributed by atoms with Crippen molar-refractivity contribution in [1.82, 2.24) is 0 Å².